The van der Waals surface area contributed by atoms with Crippen molar-refractivity contribution >= 4 is 13.3 Å². The largest absolute Gasteiger partial charge is 0.490 e. The quantitative estimate of drug-likeness (QED) is 0.0940. The summed E-state index contributed by atoms with van der Waals surface area (Å²) in [5.41, 5.74) is 13.9. The Morgan fingerprint density at radius 1 is 0.630 bits per heavy atom. The van der Waals surface area contributed by atoms with E-state index in [9.17, 15) is 0 Å². The highest BCUT2D eigenvalue weighted by Crippen LogP contribution is 2.51. The Hall–Kier alpha value is -4.14. The summed E-state index contributed by atoms with van der Waals surface area (Å²) < 4.78 is 6.29. The van der Waals surface area contributed by atoms with Crippen molar-refractivity contribution < 1.29 is 4.74 Å². The van der Waals surface area contributed by atoms with Gasteiger partial charge in [-0.2, -0.15) is 0 Å². The average molecular weight is 621 g/mol. The smallest absolute Gasteiger partial charge is 0.119 e. The number of unbranched alkanes of at least 4 members (excludes halogenated alkanes) is 2. The maximum absolute atomic E-state index is 6.29. The third-order valence-electron chi connectivity index (χ3n) is 9.89. The van der Waals surface area contributed by atoms with E-state index in [-0.39, 0.29) is 0 Å². The van der Waals surface area contributed by atoms with Gasteiger partial charge in [-0.3, -0.25) is 0 Å². The number of hydrogen-bond acceptors (Lipinski definition) is 1. The van der Waals surface area contributed by atoms with Crippen molar-refractivity contribution in [3.8, 4) is 39.1 Å². The van der Waals surface area contributed by atoms with Crippen molar-refractivity contribution in [3.63, 3.8) is 0 Å². The van der Waals surface area contributed by atoms with Crippen LogP contribution in [-0.4, -0.2) is 14.7 Å². The minimum atomic E-state index is -2.20. The van der Waals surface area contributed by atoms with Gasteiger partial charge in [0.15, 0.2) is 0 Å². The minimum absolute atomic E-state index is 0.290. The zero-order valence-electron chi connectivity index (χ0n) is 28.1. The van der Waals surface area contributed by atoms with Crippen LogP contribution in [0.2, 0.25) is 13.1 Å². The molecule has 2 heteroatoms. The van der Waals surface area contributed by atoms with Crippen LogP contribution in [0, 0.1) is 0 Å². The normalized spacial score (nSPS) is 12.5. The Morgan fingerprint density at radius 2 is 1.11 bits per heavy atom. The molecule has 1 aliphatic carbocycles. The van der Waals surface area contributed by atoms with Crippen molar-refractivity contribution in [2.45, 2.75) is 71.0 Å². The first-order chi connectivity index (χ1) is 22.4. The predicted molar refractivity (Wildman–Crippen MR) is 201 cm³/mol. The molecule has 0 fully saturated rings. The van der Waals surface area contributed by atoms with Crippen LogP contribution in [0.3, 0.4) is 0 Å². The molecule has 0 N–H and O–H groups in total. The zero-order valence-corrected chi connectivity index (χ0v) is 29.1. The van der Waals surface area contributed by atoms with Crippen molar-refractivity contribution in [2.24, 2.45) is 0 Å². The average Bonchev–Trinajstić information content (AvgIpc) is 3.43. The Labute approximate surface area is 278 Å². The third-order valence-corrected chi connectivity index (χ3v) is 13.8. The lowest BCUT2D eigenvalue weighted by atomic mass is 9.97. The van der Waals surface area contributed by atoms with E-state index in [0.717, 1.165) is 18.6 Å². The molecule has 0 heterocycles. The summed E-state index contributed by atoms with van der Waals surface area (Å²) in [6, 6.07) is 41.6. The van der Waals surface area contributed by atoms with Gasteiger partial charge in [0.25, 0.3) is 0 Å². The van der Waals surface area contributed by atoms with Crippen LogP contribution in [0.5, 0.6) is 5.75 Å². The number of benzene rings is 5. The SMILES string of the molecule is C=CCOc1ccccc1[Si](C)(C)C1c2cc(-c3ccc(CCCC)cc3)ccc2-c2ccc(-c3ccc(CCCC)cc3)cc21. The van der Waals surface area contributed by atoms with Crippen molar-refractivity contribution in [2.75, 3.05) is 6.61 Å². The number of rotatable bonds is 13. The molecule has 6 rings (SSSR count). The molecule has 1 nitrogen and oxygen atoms in total. The molecule has 0 radical (unpaired) electrons. The van der Waals surface area contributed by atoms with E-state index in [4.69, 9.17) is 4.74 Å². The van der Waals surface area contributed by atoms with Gasteiger partial charge in [0.05, 0.1) is 8.07 Å². The van der Waals surface area contributed by atoms with Crippen LogP contribution >= 0.6 is 0 Å². The van der Waals surface area contributed by atoms with Crippen LogP contribution < -0.4 is 9.92 Å². The molecule has 46 heavy (non-hydrogen) atoms. The summed E-state index contributed by atoms with van der Waals surface area (Å²) in [6.45, 7) is 14.0. The highest BCUT2D eigenvalue weighted by atomic mass is 28.3. The van der Waals surface area contributed by atoms with Crippen LogP contribution in [0.25, 0.3) is 33.4 Å². The number of para-hydroxylation sites is 1. The second kappa shape index (κ2) is 14.1. The van der Waals surface area contributed by atoms with Crippen molar-refractivity contribution in [1.82, 2.24) is 0 Å². The van der Waals surface area contributed by atoms with Crippen LogP contribution in [0.15, 0.2) is 122 Å². The molecule has 0 atom stereocenters. The van der Waals surface area contributed by atoms with Crippen LogP contribution in [-0.2, 0) is 12.8 Å². The van der Waals surface area contributed by atoms with Gasteiger partial charge in [0.2, 0.25) is 0 Å². The lowest BCUT2D eigenvalue weighted by molar-refractivity contribution is 0.366. The monoisotopic (exact) mass is 620 g/mol. The van der Waals surface area contributed by atoms with Gasteiger partial charge in [-0.1, -0.05) is 156 Å². The molecule has 0 bridgehead atoms. The summed E-state index contributed by atoms with van der Waals surface area (Å²) in [6.07, 6.45) is 9.06. The minimum Gasteiger partial charge on any atom is -0.490 e. The maximum atomic E-state index is 6.29. The summed E-state index contributed by atoms with van der Waals surface area (Å²) in [4.78, 5) is 0. The highest BCUT2D eigenvalue weighted by Gasteiger charge is 2.43. The van der Waals surface area contributed by atoms with E-state index in [2.05, 4.69) is 143 Å². The molecule has 0 spiro atoms. The standard InChI is InChI=1S/C44H48OSi/c1-6-9-13-32-17-21-34(22-18-32)36-25-27-38-39-28-26-37(35-23-19-33(20-24-35)14-10-7-2)31-41(39)44(40(38)30-36)46(4,5)43-16-12-11-15-42(43)45-29-8-3/h8,11-12,15-28,30-31,44H,3,6-7,9-10,13-14,29H2,1-2,4-5H3. The lowest BCUT2D eigenvalue weighted by Gasteiger charge is -2.33. The number of aryl methyl sites for hydroxylation is 2. The van der Waals surface area contributed by atoms with E-state index in [1.54, 1.807) is 0 Å². The zero-order chi connectivity index (χ0) is 32.1. The third kappa shape index (κ3) is 6.41. The molecule has 0 amide bonds. The summed E-state index contributed by atoms with van der Waals surface area (Å²) in [7, 11) is -2.20. The van der Waals surface area contributed by atoms with E-state index >= 15 is 0 Å². The molecule has 1 aliphatic rings. The first-order valence-corrected chi connectivity index (χ1v) is 20.3. The van der Waals surface area contributed by atoms with Crippen LogP contribution in [0.4, 0.5) is 0 Å². The molecule has 0 saturated carbocycles. The van der Waals surface area contributed by atoms with E-state index in [1.165, 1.54) is 86.5 Å². The molecule has 5 aromatic carbocycles. The maximum Gasteiger partial charge on any atom is 0.119 e. The fourth-order valence-electron chi connectivity index (χ4n) is 7.32. The summed E-state index contributed by atoms with van der Waals surface area (Å²) >= 11 is 0. The predicted octanol–water partition coefficient (Wildman–Crippen LogP) is 11.5. The second-order valence-corrected chi connectivity index (χ2v) is 18.0. The molecule has 234 valence electrons. The Kier molecular flexibility index (Phi) is 9.75. The fraction of sp³-hybridized carbons (Fsp3) is 0.273. The summed E-state index contributed by atoms with van der Waals surface area (Å²) in [5, 5.41) is 1.36. The molecular formula is C44H48OSi. The number of ether oxygens (including phenoxy) is 1. The van der Waals surface area contributed by atoms with Gasteiger partial charge in [-0.25, -0.2) is 0 Å². The van der Waals surface area contributed by atoms with Gasteiger partial charge < -0.3 is 4.74 Å². The number of fused-ring (bicyclic) bond motifs is 3. The van der Waals surface area contributed by atoms with Crippen molar-refractivity contribution in [3.05, 3.63) is 144 Å². The van der Waals surface area contributed by atoms with Crippen LogP contribution in [0.1, 0.15) is 67.3 Å². The Morgan fingerprint density at radius 3 is 1.59 bits per heavy atom. The lowest BCUT2D eigenvalue weighted by Crippen LogP contribution is -2.48. The summed E-state index contributed by atoms with van der Waals surface area (Å²) in [5.74, 6) is 0.992. The van der Waals surface area contributed by atoms with E-state index < -0.39 is 8.07 Å². The van der Waals surface area contributed by atoms with Gasteiger partial charge in [-0.15, -0.1) is 0 Å². The first-order valence-electron chi connectivity index (χ1n) is 17.2. The van der Waals surface area contributed by atoms with E-state index in [1.807, 2.05) is 6.08 Å². The van der Waals surface area contributed by atoms with Gasteiger partial charge in [-0.05, 0) is 92.6 Å². The molecule has 0 aromatic heterocycles. The number of hydrogen-bond donors (Lipinski definition) is 0. The van der Waals surface area contributed by atoms with Gasteiger partial charge in [0, 0.05) is 5.54 Å². The molecule has 0 aliphatic heterocycles. The Bertz CT molecular complexity index is 1690. The second-order valence-electron chi connectivity index (χ2n) is 13.5. The molecule has 0 unspecified atom stereocenters. The van der Waals surface area contributed by atoms with E-state index in [0.29, 0.717) is 12.1 Å². The fourth-order valence-corrected chi connectivity index (χ4v) is 11.0. The van der Waals surface area contributed by atoms with Crippen molar-refractivity contribution in [1.29, 1.82) is 0 Å². The topological polar surface area (TPSA) is 9.23 Å². The Balaban J connectivity index is 1.46. The molecular weight excluding hydrogens is 573 g/mol. The van der Waals surface area contributed by atoms with Gasteiger partial charge >= 0.3 is 0 Å². The molecule has 5 aromatic rings. The highest BCUT2D eigenvalue weighted by molar-refractivity contribution is 6.92. The molecule has 0 saturated heterocycles. The van der Waals surface area contributed by atoms with Gasteiger partial charge in [0.1, 0.15) is 12.4 Å². The first kappa shape index (κ1) is 31.8.